The number of nitrogens with one attached hydrogen (secondary N) is 1. The molecule has 0 saturated carbocycles. The number of rotatable bonds is 0. The Morgan fingerprint density at radius 1 is 1.06 bits per heavy atom. The molecule has 0 spiro atoms. The minimum atomic E-state index is 0. The Morgan fingerprint density at radius 2 is 1.62 bits per heavy atom. The van der Waals surface area contributed by atoms with E-state index in [0.717, 1.165) is 0 Å². The number of benzene rings is 1. The Kier molecular flexibility index (Phi) is 7.72. The molecule has 2 aromatic rings. The fraction of sp³-hybridized carbons (Fsp3) is 0.333. The van der Waals surface area contributed by atoms with Gasteiger partial charge in [0.15, 0.2) is 0 Å². The van der Waals surface area contributed by atoms with Crippen LogP contribution < -0.4 is 24.8 Å². The standard InChI is InChI=1S/C12H14N.2ClH.Ti/c1-12(2,3)10-8-13-11-7-5-4-6-9(10)11;;;/h4-7,13H,1-3H3;2*1H;/q-1;;;+3/p-2. The van der Waals surface area contributed by atoms with Crippen molar-refractivity contribution in [1.82, 2.24) is 4.98 Å². The third-order valence-corrected chi connectivity index (χ3v) is 2.27. The van der Waals surface area contributed by atoms with E-state index in [0.29, 0.717) is 0 Å². The average Bonchev–Trinajstić information content (AvgIpc) is 2.45. The molecule has 1 N–H and O–H groups in total. The van der Waals surface area contributed by atoms with Crippen LogP contribution in [0.3, 0.4) is 0 Å². The molecule has 16 heavy (non-hydrogen) atoms. The molecule has 0 aliphatic heterocycles. The summed E-state index contributed by atoms with van der Waals surface area (Å²) in [5.41, 5.74) is 2.61. The van der Waals surface area contributed by atoms with Crippen molar-refractivity contribution < 1.29 is 46.5 Å². The van der Waals surface area contributed by atoms with Crippen LogP contribution in [0.1, 0.15) is 26.3 Å². The van der Waals surface area contributed by atoms with Crippen molar-refractivity contribution in [2.75, 3.05) is 0 Å². The Balaban J connectivity index is 0. The van der Waals surface area contributed by atoms with Gasteiger partial charge in [-0.3, -0.25) is 0 Å². The van der Waals surface area contributed by atoms with E-state index in [-0.39, 0.29) is 51.9 Å². The van der Waals surface area contributed by atoms with Gasteiger partial charge in [-0.1, -0.05) is 32.9 Å². The summed E-state index contributed by atoms with van der Waals surface area (Å²) in [6, 6.07) is 8.34. The summed E-state index contributed by atoms with van der Waals surface area (Å²) in [4.78, 5) is 3.17. The molecule has 1 nitrogen and oxygen atoms in total. The molecule has 0 unspecified atom stereocenters. The van der Waals surface area contributed by atoms with Gasteiger partial charge in [-0.2, -0.15) is 5.39 Å². The minimum absolute atomic E-state index is 0. The third kappa shape index (κ3) is 3.53. The second-order valence-electron chi connectivity index (χ2n) is 4.42. The Hall–Kier alpha value is 0.0543. The first-order valence-corrected chi connectivity index (χ1v) is 4.58. The smallest absolute Gasteiger partial charge is 1.00 e. The summed E-state index contributed by atoms with van der Waals surface area (Å²) < 4.78 is 0. The number of aromatic amines is 1. The second-order valence-corrected chi connectivity index (χ2v) is 4.42. The zero-order valence-corrected chi connectivity index (χ0v) is 12.6. The summed E-state index contributed by atoms with van der Waals surface area (Å²) in [7, 11) is 0. The molecule has 1 aromatic heterocycles. The second kappa shape index (κ2) is 6.71. The summed E-state index contributed by atoms with van der Waals surface area (Å²) in [5.74, 6) is 0. The number of fused-ring (bicyclic) bond motifs is 1. The summed E-state index contributed by atoms with van der Waals surface area (Å²) >= 11 is 0. The molecular formula is C12H14Cl2NTi. The molecule has 0 saturated heterocycles. The van der Waals surface area contributed by atoms with Crippen LogP contribution in [0.25, 0.3) is 10.9 Å². The van der Waals surface area contributed by atoms with Crippen molar-refractivity contribution in [3.05, 3.63) is 36.0 Å². The topological polar surface area (TPSA) is 15.8 Å². The monoisotopic (exact) mass is 290 g/mol. The van der Waals surface area contributed by atoms with E-state index in [1.807, 2.05) is 6.07 Å². The third-order valence-electron chi connectivity index (χ3n) is 2.27. The SMILES string of the molecule is CC(C)(C)c1[c-][nH]c2ccccc12.[Cl-].[Cl-].[Ti+3]. The molecule has 0 atom stereocenters. The molecule has 0 aliphatic carbocycles. The summed E-state index contributed by atoms with van der Waals surface area (Å²) in [6.45, 7) is 6.62. The van der Waals surface area contributed by atoms with E-state index in [2.05, 4.69) is 50.2 Å². The summed E-state index contributed by atoms with van der Waals surface area (Å²) in [5, 5.41) is 1.29. The van der Waals surface area contributed by atoms with Crippen molar-refractivity contribution in [1.29, 1.82) is 0 Å². The van der Waals surface area contributed by atoms with Crippen molar-refractivity contribution in [2.45, 2.75) is 26.2 Å². The number of hydrogen-bond donors (Lipinski definition) is 1. The maximum atomic E-state index is 3.23. The Bertz CT molecular complexity index is 432. The van der Waals surface area contributed by atoms with Gasteiger partial charge in [-0.25, -0.2) is 0 Å². The van der Waals surface area contributed by atoms with Crippen LogP contribution in [0.2, 0.25) is 0 Å². The molecule has 0 aliphatic rings. The summed E-state index contributed by atoms with van der Waals surface area (Å²) in [6.07, 6.45) is 3.23. The minimum Gasteiger partial charge on any atom is -1.00 e. The van der Waals surface area contributed by atoms with Gasteiger partial charge in [-0.05, 0) is 5.41 Å². The van der Waals surface area contributed by atoms with Gasteiger partial charge >= 0.3 is 21.7 Å². The fourth-order valence-electron chi connectivity index (χ4n) is 1.60. The number of hydrogen-bond acceptors (Lipinski definition) is 0. The van der Waals surface area contributed by atoms with Crippen molar-refractivity contribution in [2.24, 2.45) is 0 Å². The van der Waals surface area contributed by atoms with Gasteiger partial charge in [-0.15, -0.1) is 29.4 Å². The predicted molar refractivity (Wildman–Crippen MR) is 55.8 cm³/mol. The van der Waals surface area contributed by atoms with E-state index < -0.39 is 0 Å². The van der Waals surface area contributed by atoms with E-state index in [1.54, 1.807) is 0 Å². The molecule has 1 aromatic carbocycles. The van der Waals surface area contributed by atoms with Crippen molar-refractivity contribution >= 4 is 10.9 Å². The van der Waals surface area contributed by atoms with Gasteiger partial charge in [0.2, 0.25) is 0 Å². The zero-order chi connectivity index (χ0) is 9.47. The first kappa shape index (κ1) is 18.4. The molecule has 0 fully saturated rings. The molecule has 2 rings (SSSR count). The van der Waals surface area contributed by atoms with E-state index in [1.165, 1.54) is 16.5 Å². The molecule has 0 bridgehead atoms. The molecule has 4 heteroatoms. The van der Waals surface area contributed by atoms with Gasteiger partial charge in [0.25, 0.3) is 0 Å². The first-order chi connectivity index (χ1) is 6.09. The maximum Gasteiger partial charge on any atom is 3.00 e. The zero-order valence-electron chi connectivity index (χ0n) is 9.57. The van der Waals surface area contributed by atoms with Crippen LogP contribution in [0.15, 0.2) is 24.3 Å². The van der Waals surface area contributed by atoms with Gasteiger partial charge < -0.3 is 29.8 Å². The van der Waals surface area contributed by atoms with Gasteiger partial charge in [0.1, 0.15) is 0 Å². The first-order valence-electron chi connectivity index (χ1n) is 4.58. The molecule has 1 radical (unpaired) electrons. The van der Waals surface area contributed by atoms with Crippen LogP contribution in [-0.4, -0.2) is 4.98 Å². The molecule has 1 heterocycles. The number of para-hydroxylation sites is 1. The molecule has 85 valence electrons. The van der Waals surface area contributed by atoms with E-state index in [4.69, 9.17) is 0 Å². The Labute approximate surface area is 124 Å². The normalized spacial score (nSPS) is 9.94. The van der Waals surface area contributed by atoms with Crippen LogP contribution >= 0.6 is 0 Å². The quantitative estimate of drug-likeness (QED) is 0.401. The van der Waals surface area contributed by atoms with Crippen LogP contribution in [-0.2, 0) is 27.1 Å². The molecular weight excluding hydrogens is 277 g/mol. The number of aromatic nitrogens is 1. The Morgan fingerprint density at radius 3 is 2.19 bits per heavy atom. The van der Waals surface area contributed by atoms with Gasteiger partial charge in [0.05, 0.1) is 0 Å². The van der Waals surface area contributed by atoms with Crippen molar-refractivity contribution in [3.8, 4) is 0 Å². The van der Waals surface area contributed by atoms with E-state index in [9.17, 15) is 0 Å². The van der Waals surface area contributed by atoms with E-state index >= 15 is 0 Å². The van der Waals surface area contributed by atoms with Crippen LogP contribution in [0, 0.1) is 6.20 Å². The molecule has 0 amide bonds. The van der Waals surface area contributed by atoms with Crippen LogP contribution in [0.5, 0.6) is 0 Å². The number of halogens is 2. The fourth-order valence-corrected chi connectivity index (χ4v) is 1.60. The van der Waals surface area contributed by atoms with Crippen LogP contribution in [0.4, 0.5) is 0 Å². The predicted octanol–water partition coefficient (Wildman–Crippen LogP) is -2.73. The number of H-pyrrole nitrogens is 1. The van der Waals surface area contributed by atoms with Crippen molar-refractivity contribution in [3.63, 3.8) is 0 Å². The van der Waals surface area contributed by atoms with Gasteiger partial charge in [0, 0.05) is 0 Å². The largest absolute Gasteiger partial charge is 3.00 e. The maximum absolute atomic E-state index is 3.23. The average molecular weight is 291 g/mol.